The van der Waals surface area contributed by atoms with Crippen LogP contribution in [0.15, 0.2) is 12.1 Å². The molecule has 3 nitrogen and oxygen atoms in total. The van der Waals surface area contributed by atoms with Crippen molar-refractivity contribution in [2.75, 3.05) is 0 Å². The first-order valence-corrected chi connectivity index (χ1v) is 3.21. The maximum atomic E-state index is 12.8. The van der Waals surface area contributed by atoms with Gasteiger partial charge >= 0.3 is 0 Å². The monoisotopic (exact) mass is 190 g/mol. The van der Waals surface area contributed by atoms with Gasteiger partial charge < -0.3 is 0 Å². The SMILES string of the molecule is NNC(=O)c1c(F)cc(F)cc1F. The fourth-order valence-electron chi connectivity index (χ4n) is 0.831. The molecule has 70 valence electrons. The van der Waals surface area contributed by atoms with E-state index in [9.17, 15) is 18.0 Å². The van der Waals surface area contributed by atoms with Gasteiger partial charge in [-0.1, -0.05) is 0 Å². The first-order chi connectivity index (χ1) is 6.06. The van der Waals surface area contributed by atoms with Gasteiger partial charge in [-0.2, -0.15) is 0 Å². The maximum absolute atomic E-state index is 12.8. The van der Waals surface area contributed by atoms with Crippen molar-refractivity contribution >= 4 is 5.91 Å². The van der Waals surface area contributed by atoms with E-state index in [1.54, 1.807) is 5.43 Å². The van der Waals surface area contributed by atoms with Crippen molar-refractivity contribution in [2.45, 2.75) is 0 Å². The van der Waals surface area contributed by atoms with Crippen LogP contribution in [0.4, 0.5) is 13.2 Å². The minimum atomic E-state index is -1.29. The van der Waals surface area contributed by atoms with E-state index in [0.717, 1.165) is 0 Å². The summed E-state index contributed by atoms with van der Waals surface area (Å²) in [4.78, 5) is 10.7. The zero-order valence-corrected chi connectivity index (χ0v) is 6.27. The molecule has 6 heteroatoms. The number of carbonyl (C=O) groups is 1. The number of rotatable bonds is 1. The number of hydrazine groups is 1. The Hall–Kier alpha value is -1.56. The van der Waals surface area contributed by atoms with Crippen molar-refractivity contribution in [1.29, 1.82) is 0 Å². The minimum Gasteiger partial charge on any atom is -0.290 e. The first-order valence-electron chi connectivity index (χ1n) is 3.21. The van der Waals surface area contributed by atoms with Gasteiger partial charge in [0, 0.05) is 12.1 Å². The Morgan fingerprint density at radius 3 is 2.08 bits per heavy atom. The molecule has 0 aliphatic carbocycles. The minimum absolute atomic E-state index is 0.396. The first kappa shape index (κ1) is 9.53. The van der Waals surface area contributed by atoms with Crippen LogP contribution in [0.3, 0.4) is 0 Å². The lowest BCUT2D eigenvalue weighted by atomic mass is 10.2. The van der Waals surface area contributed by atoms with Crippen molar-refractivity contribution in [3.63, 3.8) is 0 Å². The smallest absolute Gasteiger partial charge is 0.271 e. The van der Waals surface area contributed by atoms with Crippen LogP contribution in [-0.2, 0) is 0 Å². The Morgan fingerprint density at radius 2 is 1.69 bits per heavy atom. The lowest BCUT2D eigenvalue weighted by Gasteiger charge is -2.02. The van der Waals surface area contributed by atoms with Crippen molar-refractivity contribution < 1.29 is 18.0 Å². The molecule has 0 fully saturated rings. The normalized spacial score (nSPS) is 9.85. The number of nitrogens with two attached hydrogens (primary N) is 1. The van der Waals surface area contributed by atoms with Gasteiger partial charge in [0.1, 0.15) is 23.0 Å². The summed E-state index contributed by atoms with van der Waals surface area (Å²) in [5.41, 5.74) is 0.642. The van der Waals surface area contributed by atoms with Gasteiger partial charge in [0.15, 0.2) is 0 Å². The molecule has 0 spiro atoms. The molecule has 0 atom stereocenters. The standard InChI is InChI=1S/C7H5F3N2O/c8-3-1-4(9)6(5(10)2-3)7(13)12-11/h1-2H,11H2,(H,12,13). The third kappa shape index (κ3) is 1.78. The van der Waals surface area contributed by atoms with Crippen LogP contribution < -0.4 is 11.3 Å². The van der Waals surface area contributed by atoms with E-state index >= 15 is 0 Å². The number of nitrogens with one attached hydrogen (secondary N) is 1. The van der Waals surface area contributed by atoms with Crippen LogP contribution in [0.2, 0.25) is 0 Å². The molecule has 0 aliphatic rings. The van der Waals surface area contributed by atoms with Crippen LogP contribution >= 0.6 is 0 Å². The summed E-state index contributed by atoms with van der Waals surface area (Å²) in [5, 5.41) is 0. The molecule has 1 aromatic rings. The molecule has 0 saturated heterocycles. The number of hydrogen-bond acceptors (Lipinski definition) is 2. The van der Waals surface area contributed by atoms with Gasteiger partial charge in [0.05, 0.1) is 0 Å². The van der Waals surface area contributed by atoms with Gasteiger partial charge in [-0.15, -0.1) is 0 Å². The molecule has 0 unspecified atom stereocenters. The van der Waals surface area contributed by atoms with E-state index in [1.165, 1.54) is 0 Å². The highest BCUT2D eigenvalue weighted by molar-refractivity contribution is 5.94. The number of amides is 1. The second-order valence-electron chi connectivity index (χ2n) is 2.22. The Labute approximate surface area is 71.3 Å². The summed E-state index contributed by atoms with van der Waals surface area (Å²) in [7, 11) is 0. The van der Waals surface area contributed by atoms with Crippen LogP contribution in [0.5, 0.6) is 0 Å². The average Bonchev–Trinajstić information content (AvgIpc) is 2.02. The van der Waals surface area contributed by atoms with Crippen LogP contribution in [0, 0.1) is 17.5 Å². The average molecular weight is 190 g/mol. The number of benzene rings is 1. The molecule has 0 radical (unpaired) electrons. The Morgan fingerprint density at radius 1 is 1.23 bits per heavy atom. The van der Waals surface area contributed by atoms with E-state index in [0.29, 0.717) is 12.1 Å². The Balaban J connectivity index is 3.28. The van der Waals surface area contributed by atoms with Crippen molar-refractivity contribution in [2.24, 2.45) is 5.84 Å². The topological polar surface area (TPSA) is 55.1 Å². The molecule has 0 aliphatic heterocycles. The van der Waals surface area contributed by atoms with Crippen molar-refractivity contribution in [1.82, 2.24) is 5.43 Å². The van der Waals surface area contributed by atoms with E-state index < -0.39 is 28.9 Å². The van der Waals surface area contributed by atoms with E-state index in [1.807, 2.05) is 0 Å². The summed E-state index contributed by atoms with van der Waals surface area (Å²) in [6.07, 6.45) is 0. The van der Waals surface area contributed by atoms with Crippen LogP contribution in [-0.4, -0.2) is 5.91 Å². The van der Waals surface area contributed by atoms with Gasteiger partial charge in [-0.3, -0.25) is 10.2 Å². The molecule has 0 aromatic heterocycles. The summed E-state index contributed by atoms with van der Waals surface area (Å²) in [5.74, 6) is -0.167. The summed E-state index contributed by atoms with van der Waals surface area (Å²) in [6.45, 7) is 0. The third-order valence-electron chi connectivity index (χ3n) is 1.37. The maximum Gasteiger partial charge on any atom is 0.271 e. The van der Waals surface area contributed by atoms with Gasteiger partial charge in [0.25, 0.3) is 5.91 Å². The van der Waals surface area contributed by atoms with Gasteiger partial charge in [-0.05, 0) is 0 Å². The number of hydrogen-bond donors (Lipinski definition) is 2. The summed E-state index contributed by atoms with van der Waals surface area (Å²) >= 11 is 0. The zero-order chi connectivity index (χ0) is 10.0. The van der Waals surface area contributed by atoms with Crippen molar-refractivity contribution in [3.8, 4) is 0 Å². The molecule has 1 rings (SSSR count). The van der Waals surface area contributed by atoms with Gasteiger partial charge in [0.2, 0.25) is 0 Å². The fraction of sp³-hybridized carbons (Fsp3) is 0. The highest BCUT2D eigenvalue weighted by atomic mass is 19.1. The largest absolute Gasteiger partial charge is 0.290 e. The molecule has 0 bridgehead atoms. The van der Waals surface area contributed by atoms with Crippen LogP contribution in [0.25, 0.3) is 0 Å². The van der Waals surface area contributed by atoms with Crippen LogP contribution in [0.1, 0.15) is 10.4 Å². The zero-order valence-electron chi connectivity index (χ0n) is 6.27. The highest BCUT2D eigenvalue weighted by Crippen LogP contribution is 2.13. The Bertz CT molecular complexity index is 331. The summed E-state index contributed by atoms with van der Waals surface area (Å²) < 4.78 is 37.8. The highest BCUT2D eigenvalue weighted by Gasteiger charge is 2.17. The van der Waals surface area contributed by atoms with Crippen molar-refractivity contribution in [3.05, 3.63) is 35.1 Å². The number of halogens is 3. The molecule has 0 saturated carbocycles. The fourth-order valence-corrected chi connectivity index (χ4v) is 0.831. The molecule has 1 aromatic carbocycles. The molecule has 0 heterocycles. The quantitative estimate of drug-likeness (QED) is 0.389. The van der Waals surface area contributed by atoms with Gasteiger partial charge in [-0.25, -0.2) is 19.0 Å². The third-order valence-corrected chi connectivity index (χ3v) is 1.37. The second kappa shape index (κ2) is 3.44. The number of carbonyl (C=O) groups excluding carboxylic acids is 1. The second-order valence-corrected chi connectivity index (χ2v) is 2.22. The Kier molecular flexibility index (Phi) is 2.52. The molecule has 3 N–H and O–H groups in total. The molecular formula is C7H5F3N2O. The van der Waals surface area contributed by atoms with E-state index in [2.05, 4.69) is 5.84 Å². The molecule has 13 heavy (non-hydrogen) atoms. The van der Waals surface area contributed by atoms with E-state index in [-0.39, 0.29) is 0 Å². The summed E-state index contributed by atoms with van der Waals surface area (Å²) in [6, 6.07) is 0.793. The lowest BCUT2D eigenvalue weighted by molar-refractivity contribution is 0.0945. The molecular weight excluding hydrogens is 185 g/mol. The lowest BCUT2D eigenvalue weighted by Crippen LogP contribution is -2.31. The molecule has 1 amide bonds. The van der Waals surface area contributed by atoms with E-state index in [4.69, 9.17) is 0 Å². The number of nitrogen functional groups attached to an aromatic ring is 1. The predicted octanol–water partition coefficient (Wildman–Crippen LogP) is 0.707. The predicted molar refractivity (Wildman–Crippen MR) is 38.0 cm³/mol.